The summed E-state index contributed by atoms with van der Waals surface area (Å²) in [4.78, 5) is 11.8. The molecule has 1 atom stereocenters. The van der Waals surface area contributed by atoms with Crippen LogP contribution in [0.2, 0.25) is 0 Å². The van der Waals surface area contributed by atoms with Gasteiger partial charge < -0.3 is 20.1 Å². The molecule has 1 unspecified atom stereocenters. The van der Waals surface area contributed by atoms with Gasteiger partial charge in [0.1, 0.15) is 11.4 Å². The molecule has 1 aromatic carbocycles. The Labute approximate surface area is 133 Å². The minimum Gasteiger partial charge on any atom is -0.496 e. The van der Waals surface area contributed by atoms with Crippen molar-refractivity contribution in [3.8, 4) is 5.75 Å². The molecule has 5 nitrogen and oxygen atoms in total. The fraction of sp³-hybridized carbons (Fsp3) is 0.588. The van der Waals surface area contributed by atoms with Crippen molar-refractivity contribution in [2.24, 2.45) is 0 Å². The molecule has 0 heterocycles. The van der Waals surface area contributed by atoms with Gasteiger partial charge in [-0.3, -0.25) is 0 Å². The Morgan fingerprint density at radius 3 is 2.55 bits per heavy atom. The van der Waals surface area contributed by atoms with E-state index in [4.69, 9.17) is 9.47 Å². The van der Waals surface area contributed by atoms with Crippen molar-refractivity contribution in [3.05, 3.63) is 29.8 Å². The molecule has 0 aromatic heterocycles. The first-order chi connectivity index (χ1) is 10.4. The summed E-state index contributed by atoms with van der Waals surface area (Å²) in [6.07, 6.45) is 0.455. The van der Waals surface area contributed by atoms with Crippen molar-refractivity contribution >= 4 is 6.09 Å². The number of nitrogens with one attached hydrogen (secondary N) is 2. The van der Waals surface area contributed by atoms with Crippen LogP contribution in [0, 0.1) is 0 Å². The Hall–Kier alpha value is -1.75. The van der Waals surface area contributed by atoms with Crippen LogP contribution < -0.4 is 15.4 Å². The van der Waals surface area contributed by atoms with Gasteiger partial charge >= 0.3 is 6.09 Å². The minimum absolute atomic E-state index is 0.0320. The van der Waals surface area contributed by atoms with Crippen LogP contribution in [0.25, 0.3) is 0 Å². The maximum atomic E-state index is 11.8. The number of rotatable bonds is 7. The zero-order valence-corrected chi connectivity index (χ0v) is 14.2. The summed E-state index contributed by atoms with van der Waals surface area (Å²) in [6.45, 7) is 8.96. The quantitative estimate of drug-likeness (QED) is 0.812. The molecule has 0 aliphatic heterocycles. The Kier molecular flexibility index (Phi) is 7.18. The number of methoxy groups -OCH3 is 1. The third kappa shape index (κ3) is 6.80. The summed E-state index contributed by atoms with van der Waals surface area (Å²) in [5, 5.41) is 6.23. The standard InChI is InChI=1S/C17H28N2O3/c1-6-14(19-16(20)22-17(2,3)4)12-18-11-13-9-7-8-10-15(13)21-5/h7-10,14,18H,6,11-12H2,1-5H3,(H,19,20). The van der Waals surface area contributed by atoms with Gasteiger partial charge in [-0.1, -0.05) is 25.1 Å². The largest absolute Gasteiger partial charge is 0.496 e. The number of ether oxygens (including phenoxy) is 2. The average molecular weight is 308 g/mol. The molecule has 0 saturated heterocycles. The molecule has 0 aliphatic rings. The van der Waals surface area contributed by atoms with Crippen LogP contribution in [0.1, 0.15) is 39.7 Å². The molecule has 22 heavy (non-hydrogen) atoms. The monoisotopic (exact) mass is 308 g/mol. The summed E-state index contributed by atoms with van der Waals surface area (Å²) in [7, 11) is 1.66. The van der Waals surface area contributed by atoms with Crippen LogP contribution in [0.15, 0.2) is 24.3 Å². The summed E-state index contributed by atoms with van der Waals surface area (Å²) in [5.74, 6) is 0.864. The lowest BCUT2D eigenvalue weighted by Crippen LogP contribution is -2.43. The van der Waals surface area contributed by atoms with Crippen LogP contribution in [0.5, 0.6) is 5.75 Å². The SMILES string of the molecule is CCC(CNCc1ccccc1OC)NC(=O)OC(C)(C)C. The highest BCUT2D eigenvalue weighted by Gasteiger charge is 2.18. The van der Waals surface area contributed by atoms with Crippen molar-refractivity contribution in [2.45, 2.75) is 52.3 Å². The number of carbonyl (C=O) groups excluding carboxylic acids is 1. The molecule has 2 N–H and O–H groups in total. The third-order valence-electron chi connectivity index (χ3n) is 3.11. The van der Waals surface area contributed by atoms with Crippen LogP contribution in [0.4, 0.5) is 4.79 Å². The Balaban J connectivity index is 2.42. The molecule has 0 aliphatic carbocycles. The first kappa shape index (κ1) is 18.3. The second kappa shape index (κ2) is 8.63. The average Bonchev–Trinajstić information content (AvgIpc) is 2.44. The number of alkyl carbamates (subject to hydrolysis) is 1. The van der Waals surface area contributed by atoms with E-state index in [1.165, 1.54) is 0 Å². The molecular weight excluding hydrogens is 280 g/mol. The van der Waals surface area contributed by atoms with E-state index in [0.29, 0.717) is 13.1 Å². The predicted octanol–water partition coefficient (Wildman–Crippen LogP) is 3.09. The number of para-hydroxylation sites is 1. The van der Waals surface area contributed by atoms with E-state index in [9.17, 15) is 4.79 Å². The first-order valence-electron chi connectivity index (χ1n) is 7.68. The van der Waals surface area contributed by atoms with Gasteiger partial charge in [0.2, 0.25) is 0 Å². The van der Waals surface area contributed by atoms with E-state index < -0.39 is 5.60 Å². The second-order valence-electron chi connectivity index (χ2n) is 6.19. The molecule has 1 rings (SSSR count). The topological polar surface area (TPSA) is 59.6 Å². The number of hydrogen-bond acceptors (Lipinski definition) is 4. The van der Waals surface area contributed by atoms with Crippen molar-refractivity contribution in [1.82, 2.24) is 10.6 Å². The smallest absolute Gasteiger partial charge is 0.407 e. The minimum atomic E-state index is -0.479. The number of hydrogen-bond donors (Lipinski definition) is 2. The van der Waals surface area contributed by atoms with Crippen molar-refractivity contribution < 1.29 is 14.3 Å². The number of amides is 1. The Morgan fingerprint density at radius 1 is 1.27 bits per heavy atom. The fourth-order valence-electron chi connectivity index (χ4n) is 2.00. The van der Waals surface area contributed by atoms with Crippen molar-refractivity contribution in [2.75, 3.05) is 13.7 Å². The maximum absolute atomic E-state index is 11.8. The zero-order chi connectivity index (χ0) is 16.6. The Morgan fingerprint density at radius 2 is 1.95 bits per heavy atom. The van der Waals surface area contributed by atoms with Crippen LogP contribution in [-0.2, 0) is 11.3 Å². The summed E-state index contributed by atoms with van der Waals surface area (Å²) >= 11 is 0. The van der Waals surface area contributed by atoms with Gasteiger partial charge in [-0.15, -0.1) is 0 Å². The number of carbonyl (C=O) groups is 1. The van der Waals surface area contributed by atoms with E-state index in [1.807, 2.05) is 52.0 Å². The van der Waals surface area contributed by atoms with Gasteiger partial charge in [-0.25, -0.2) is 4.79 Å². The molecule has 1 amide bonds. The van der Waals surface area contributed by atoms with E-state index in [2.05, 4.69) is 10.6 Å². The lowest BCUT2D eigenvalue weighted by molar-refractivity contribution is 0.0502. The van der Waals surface area contributed by atoms with Crippen LogP contribution in [0.3, 0.4) is 0 Å². The Bertz CT molecular complexity index is 469. The van der Waals surface area contributed by atoms with Crippen molar-refractivity contribution in [1.29, 1.82) is 0 Å². The molecule has 0 saturated carbocycles. The van der Waals surface area contributed by atoms with E-state index in [0.717, 1.165) is 17.7 Å². The van der Waals surface area contributed by atoms with Crippen molar-refractivity contribution in [3.63, 3.8) is 0 Å². The van der Waals surface area contributed by atoms with Gasteiger partial charge in [-0.05, 0) is 33.3 Å². The zero-order valence-electron chi connectivity index (χ0n) is 14.2. The normalized spacial score (nSPS) is 12.6. The molecule has 0 spiro atoms. The highest BCUT2D eigenvalue weighted by Crippen LogP contribution is 2.16. The molecule has 124 valence electrons. The summed E-state index contributed by atoms with van der Waals surface area (Å²) < 4.78 is 10.6. The van der Waals surface area contributed by atoms with Gasteiger partial charge in [0.25, 0.3) is 0 Å². The third-order valence-corrected chi connectivity index (χ3v) is 3.11. The van der Waals surface area contributed by atoms with Crippen LogP contribution >= 0.6 is 0 Å². The lowest BCUT2D eigenvalue weighted by atomic mass is 10.2. The molecule has 0 bridgehead atoms. The van der Waals surface area contributed by atoms with Crippen LogP contribution in [-0.4, -0.2) is 31.4 Å². The molecular formula is C17H28N2O3. The molecule has 5 heteroatoms. The second-order valence-corrected chi connectivity index (χ2v) is 6.19. The van der Waals surface area contributed by atoms with Gasteiger partial charge in [0.15, 0.2) is 0 Å². The highest BCUT2D eigenvalue weighted by molar-refractivity contribution is 5.68. The van der Waals surface area contributed by atoms with E-state index >= 15 is 0 Å². The highest BCUT2D eigenvalue weighted by atomic mass is 16.6. The van der Waals surface area contributed by atoms with Gasteiger partial charge in [-0.2, -0.15) is 0 Å². The lowest BCUT2D eigenvalue weighted by Gasteiger charge is -2.23. The maximum Gasteiger partial charge on any atom is 0.407 e. The predicted molar refractivity (Wildman–Crippen MR) is 88.1 cm³/mol. The van der Waals surface area contributed by atoms with Gasteiger partial charge in [0.05, 0.1) is 7.11 Å². The van der Waals surface area contributed by atoms with Gasteiger partial charge in [0, 0.05) is 24.7 Å². The number of benzene rings is 1. The van der Waals surface area contributed by atoms with E-state index in [1.54, 1.807) is 7.11 Å². The first-order valence-corrected chi connectivity index (χ1v) is 7.68. The summed E-state index contributed by atoms with van der Waals surface area (Å²) in [5.41, 5.74) is 0.616. The molecule has 0 fully saturated rings. The van der Waals surface area contributed by atoms with E-state index in [-0.39, 0.29) is 12.1 Å². The molecule has 1 aromatic rings. The molecule has 0 radical (unpaired) electrons. The fourth-order valence-corrected chi connectivity index (χ4v) is 2.00. The summed E-state index contributed by atoms with van der Waals surface area (Å²) in [6, 6.07) is 7.92.